The fourth-order valence-electron chi connectivity index (χ4n) is 4.20. The van der Waals surface area contributed by atoms with Gasteiger partial charge in [-0.2, -0.15) is 0 Å². The molecule has 1 aliphatic rings. The molecule has 1 unspecified atom stereocenters. The van der Waals surface area contributed by atoms with Crippen LogP contribution in [-0.2, 0) is 17.8 Å². The Kier molecular flexibility index (Phi) is 7.15. The van der Waals surface area contributed by atoms with Gasteiger partial charge in [0.05, 0.1) is 5.56 Å². The van der Waals surface area contributed by atoms with E-state index >= 15 is 0 Å². The van der Waals surface area contributed by atoms with E-state index in [0.717, 1.165) is 26.1 Å². The van der Waals surface area contributed by atoms with Gasteiger partial charge in [-0.3, -0.25) is 9.69 Å². The molecule has 31 heavy (non-hydrogen) atoms. The molecule has 0 aliphatic carbocycles. The number of nitrogens with zero attached hydrogens (tertiary/aromatic N) is 1. The van der Waals surface area contributed by atoms with Crippen molar-refractivity contribution >= 4 is 5.91 Å². The Morgan fingerprint density at radius 2 is 1.87 bits per heavy atom. The van der Waals surface area contributed by atoms with E-state index in [1.807, 2.05) is 12.1 Å². The van der Waals surface area contributed by atoms with Crippen molar-refractivity contribution in [1.29, 1.82) is 0 Å². The number of likely N-dealkylation sites (tertiary alicyclic amines) is 1. The minimum Gasteiger partial charge on any atom is -0.461 e. The third-order valence-electron chi connectivity index (χ3n) is 5.84. The lowest BCUT2D eigenvalue weighted by atomic mass is 9.97. The lowest BCUT2D eigenvalue weighted by Crippen LogP contribution is -2.40. The number of amides is 1. The van der Waals surface area contributed by atoms with Gasteiger partial charge in [-0.25, -0.2) is 4.39 Å². The van der Waals surface area contributed by atoms with Crippen LogP contribution < -0.4 is 5.32 Å². The molecule has 1 fully saturated rings. The first kappa shape index (κ1) is 21.3. The summed E-state index contributed by atoms with van der Waals surface area (Å²) in [5.74, 6) is 1.39. The van der Waals surface area contributed by atoms with Crippen molar-refractivity contribution < 1.29 is 13.6 Å². The molecule has 162 valence electrons. The summed E-state index contributed by atoms with van der Waals surface area (Å²) in [6.07, 6.45) is 3.18. The van der Waals surface area contributed by atoms with Crippen molar-refractivity contribution in [3.63, 3.8) is 0 Å². The molecule has 1 saturated heterocycles. The number of benzene rings is 2. The molecule has 3 aromatic rings. The Balaban J connectivity index is 1.20. The number of carbonyl (C=O) groups is 1. The number of hydrogen-bond acceptors (Lipinski definition) is 3. The lowest BCUT2D eigenvalue weighted by Gasteiger charge is -2.32. The molecule has 2 aromatic carbocycles. The molecule has 2 heterocycles. The van der Waals surface area contributed by atoms with Crippen molar-refractivity contribution in [3.8, 4) is 11.3 Å². The van der Waals surface area contributed by atoms with Gasteiger partial charge < -0.3 is 9.73 Å². The zero-order valence-corrected chi connectivity index (χ0v) is 17.7. The largest absolute Gasteiger partial charge is 0.461 e. The van der Waals surface area contributed by atoms with Crippen LogP contribution in [0.15, 0.2) is 71.1 Å². The highest BCUT2D eigenvalue weighted by atomic mass is 19.1. The van der Waals surface area contributed by atoms with Gasteiger partial charge in [-0.15, -0.1) is 0 Å². The van der Waals surface area contributed by atoms with E-state index in [9.17, 15) is 9.18 Å². The van der Waals surface area contributed by atoms with E-state index in [1.54, 1.807) is 24.3 Å². The second-order valence-corrected chi connectivity index (χ2v) is 8.28. The van der Waals surface area contributed by atoms with Crippen LogP contribution in [0, 0.1) is 11.7 Å². The zero-order chi connectivity index (χ0) is 21.5. The van der Waals surface area contributed by atoms with Gasteiger partial charge in [-0.1, -0.05) is 42.5 Å². The van der Waals surface area contributed by atoms with Crippen LogP contribution >= 0.6 is 0 Å². The minimum absolute atomic E-state index is 0.0315. The topological polar surface area (TPSA) is 45.5 Å². The number of halogens is 1. The van der Waals surface area contributed by atoms with E-state index < -0.39 is 0 Å². The Labute approximate surface area is 183 Å². The number of furan rings is 1. The highest BCUT2D eigenvalue weighted by Crippen LogP contribution is 2.25. The van der Waals surface area contributed by atoms with Gasteiger partial charge in [0.2, 0.25) is 5.91 Å². The molecule has 1 aromatic heterocycles. The Hall–Kier alpha value is -2.92. The Morgan fingerprint density at radius 3 is 2.71 bits per heavy atom. The summed E-state index contributed by atoms with van der Waals surface area (Å²) >= 11 is 0. The first-order valence-electron chi connectivity index (χ1n) is 11.0. The molecule has 1 atom stereocenters. The maximum Gasteiger partial charge on any atom is 0.220 e. The third kappa shape index (κ3) is 6.05. The van der Waals surface area contributed by atoms with Crippen molar-refractivity contribution in [1.82, 2.24) is 10.2 Å². The molecular weight excluding hydrogens is 391 g/mol. The Bertz CT molecular complexity index is 986. The summed E-state index contributed by atoms with van der Waals surface area (Å²) in [4.78, 5) is 14.8. The normalized spacial score (nSPS) is 16.9. The fourth-order valence-corrected chi connectivity index (χ4v) is 4.20. The maximum absolute atomic E-state index is 13.9. The Morgan fingerprint density at radius 1 is 1.06 bits per heavy atom. The second-order valence-electron chi connectivity index (χ2n) is 8.28. The monoisotopic (exact) mass is 420 g/mol. The highest BCUT2D eigenvalue weighted by Gasteiger charge is 2.20. The number of piperidine rings is 1. The van der Waals surface area contributed by atoms with Crippen LogP contribution in [0.3, 0.4) is 0 Å². The predicted octanol–water partition coefficient (Wildman–Crippen LogP) is 5.05. The molecule has 0 bridgehead atoms. The van der Waals surface area contributed by atoms with Gasteiger partial charge in [0.15, 0.2) is 0 Å². The van der Waals surface area contributed by atoms with Gasteiger partial charge in [0, 0.05) is 32.5 Å². The average molecular weight is 421 g/mol. The third-order valence-corrected chi connectivity index (χ3v) is 5.84. The molecule has 1 aliphatic heterocycles. The summed E-state index contributed by atoms with van der Waals surface area (Å²) in [5, 5.41) is 3.09. The number of hydrogen-bond donors (Lipinski definition) is 1. The van der Waals surface area contributed by atoms with E-state index in [-0.39, 0.29) is 11.7 Å². The molecule has 1 amide bonds. The van der Waals surface area contributed by atoms with Crippen LogP contribution in [-0.4, -0.2) is 30.4 Å². The predicted molar refractivity (Wildman–Crippen MR) is 120 cm³/mol. The van der Waals surface area contributed by atoms with Crippen LogP contribution in [0.2, 0.25) is 0 Å². The molecule has 4 nitrogen and oxygen atoms in total. The molecular formula is C26H29FN2O2. The van der Waals surface area contributed by atoms with Crippen LogP contribution in [0.1, 0.15) is 30.6 Å². The van der Waals surface area contributed by atoms with Crippen molar-refractivity contribution in [2.24, 2.45) is 5.92 Å². The molecule has 5 heteroatoms. The first-order valence-corrected chi connectivity index (χ1v) is 11.0. The summed E-state index contributed by atoms with van der Waals surface area (Å²) in [7, 11) is 0. The summed E-state index contributed by atoms with van der Waals surface area (Å²) < 4.78 is 19.6. The quantitative estimate of drug-likeness (QED) is 0.555. The van der Waals surface area contributed by atoms with Crippen LogP contribution in [0.5, 0.6) is 0 Å². The second kappa shape index (κ2) is 10.4. The number of carbonyl (C=O) groups excluding carboxylic acids is 1. The van der Waals surface area contributed by atoms with Crippen LogP contribution in [0.4, 0.5) is 4.39 Å². The standard InChI is InChI=1S/C26H29FN2O2/c27-24-11-5-4-10-23(24)25-14-12-22(31-25)13-15-26(30)28-17-21-9-6-16-29(19-21)18-20-7-2-1-3-8-20/h1-5,7-8,10-12,14,21H,6,9,13,15-19H2,(H,28,30). The first-order chi connectivity index (χ1) is 15.2. The molecule has 0 saturated carbocycles. The van der Waals surface area contributed by atoms with E-state index in [2.05, 4.69) is 34.5 Å². The van der Waals surface area contributed by atoms with E-state index in [0.29, 0.717) is 42.4 Å². The van der Waals surface area contributed by atoms with Gasteiger partial charge >= 0.3 is 0 Å². The maximum atomic E-state index is 13.9. The van der Waals surface area contributed by atoms with E-state index in [1.165, 1.54) is 18.1 Å². The van der Waals surface area contributed by atoms with E-state index in [4.69, 9.17) is 4.42 Å². The number of rotatable bonds is 8. The minimum atomic E-state index is -0.310. The van der Waals surface area contributed by atoms with Crippen molar-refractivity contribution in [2.75, 3.05) is 19.6 Å². The van der Waals surface area contributed by atoms with Gasteiger partial charge in [0.1, 0.15) is 17.3 Å². The average Bonchev–Trinajstić information content (AvgIpc) is 3.26. The molecule has 0 radical (unpaired) electrons. The number of aryl methyl sites for hydroxylation is 1. The summed E-state index contributed by atoms with van der Waals surface area (Å²) in [6.45, 7) is 3.80. The fraction of sp³-hybridized carbons (Fsp3) is 0.346. The van der Waals surface area contributed by atoms with Gasteiger partial charge in [-0.05, 0) is 55.1 Å². The highest BCUT2D eigenvalue weighted by molar-refractivity contribution is 5.76. The van der Waals surface area contributed by atoms with Gasteiger partial charge in [0.25, 0.3) is 0 Å². The summed E-state index contributed by atoms with van der Waals surface area (Å²) in [6, 6.07) is 20.6. The molecule has 0 spiro atoms. The van der Waals surface area contributed by atoms with Crippen LogP contribution in [0.25, 0.3) is 11.3 Å². The van der Waals surface area contributed by atoms with Crippen molar-refractivity contribution in [2.45, 2.75) is 32.2 Å². The molecule has 1 N–H and O–H groups in total. The zero-order valence-electron chi connectivity index (χ0n) is 17.7. The van der Waals surface area contributed by atoms with Crippen molar-refractivity contribution in [3.05, 3.63) is 83.9 Å². The number of nitrogens with one attached hydrogen (secondary N) is 1. The SMILES string of the molecule is O=C(CCc1ccc(-c2ccccc2F)o1)NCC1CCCN(Cc2ccccc2)C1. The molecule has 4 rings (SSSR count). The smallest absolute Gasteiger partial charge is 0.220 e. The summed E-state index contributed by atoms with van der Waals surface area (Å²) in [5.41, 5.74) is 1.77. The lowest BCUT2D eigenvalue weighted by molar-refractivity contribution is -0.121.